The van der Waals surface area contributed by atoms with Crippen molar-refractivity contribution in [3.8, 4) is 0 Å². The molecule has 1 unspecified atom stereocenters. The lowest BCUT2D eigenvalue weighted by Gasteiger charge is -2.19. The fraction of sp³-hybridized carbons (Fsp3) is 0.500. The Bertz CT molecular complexity index is 373. The van der Waals surface area contributed by atoms with Crippen LogP contribution in [0.15, 0.2) is 0 Å². The van der Waals surface area contributed by atoms with E-state index in [4.69, 9.17) is 5.73 Å². The van der Waals surface area contributed by atoms with Gasteiger partial charge in [-0.1, -0.05) is 0 Å². The Labute approximate surface area is 81.0 Å². The molecule has 2 heterocycles. The number of amides is 1. The van der Waals surface area contributed by atoms with Crippen molar-refractivity contribution in [3.05, 3.63) is 11.3 Å². The molecule has 0 fully saturated rings. The number of nitrogens with two attached hydrogens (primary N) is 1. The monoisotopic (exact) mass is 196 g/mol. The minimum atomic E-state index is -0.346. The molecular formula is C8H12N4O2. The van der Waals surface area contributed by atoms with Crippen molar-refractivity contribution in [2.75, 3.05) is 12.8 Å². The van der Waals surface area contributed by atoms with Gasteiger partial charge in [-0.05, 0) is 6.92 Å². The highest BCUT2D eigenvalue weighted by Crippen LogP contribution is 2.34. The smallest absolute Gasteiger partial charge is 0.410 e. The first-order valence-corrected chi connectivity index (χ1v) is 4.32. The normalized spacial score (nSPS) is 19.6. The summed E-state index contributed by atoms with van der Waals surface area (Å²) < 4.78 is 4.66. The van der Waals surface area contributed by atoms with Gasteiger partial charge in [0.05, 0.1) is 25.4 Å². The van der Waals surface area contributed by atoms with E-state index < -0.39 is 0 Å². The van der Waals surface area contributed by atoms with Crippen LogP contribution in [0.2, 0.25) is 0 Å². The summed E-state index contributed by atoms with van der Waals surface area (Å²) in [6.07, 6.45) is -0.346. The molecule has 6 nitrogen and oxygen atoms in total. The van der Waals surface area contributed by atoms with Gasteiger partial charge in [0.25, 0.3) is 0 Å². The van der Waals surface area contributed by atoms with E-state index in [1.54, 1.807) is 4.90 Å². The Morgan fingerprint density at radius 2 is 2.50 bits per heavy atom. The number of carbonyl (C=O) groups is 1. The number of nitrogens with zero attached hydrogens (tertiary/aromatic N) is 2. The molecule has 14 heavy (non-hydrogen) atoms. The first-order valence-electron chi connectivity index (χ1n) is 4.32. The van der Waals surface area contributed by atoms with Crippen molar-refractivity contribution in [1.82, 2.24) is 15.1 Å². The van der Waals surface area contributed by atoms with Crippen molar-refractivity contribution >= 4 is 11.9 Å². The summed E-state index contributed by atoms with van der Waals surface area (Å²) in [4.78, 5) is 12.9. The van der Waals surface area contributed by atoms with Gasteiger partial charge in [-0.3, -0.25) is 10.00 Å². The number of methoxy groups -OCH3 is 1. The summed E-state index contributed by atoms with van der Waals surface area (Å²) in [7, 11) is 1.36. The quantitative estimate of drug-likeness (QED) is 0.637. The van der Waals surface area contributed by atoms with Crippen LogP contribution < -0.4 is 5.73 Å². The van der Waals surface area contributed by atoms with Gasteiger partial charge in [-0.15, -0.1) is 0 Å². The van der Waals surface area contributed by atoms with Crippen molar-refractivity contribution in [2.45, 2.75) is 19.5 Å². The number of carbonyl (C=O) groups excluding carboxylic acids is 1. The van der Waals surface area contributed by atoms with Gasteiger partial charge in [0, 0.05) is 5.56 Å². The predicted molar refractivity (Wildman–Crippen MR) is 49.4 cm³/mol. The Morgan fingerprint density at radius 3 is 3.07 bits per heavy atom. The van der Waals surface area contributed by atoms with Gasteiger partial charge in [0.2, 0.25) is 0 Å². The van der Waals surface area contributed by atoms with E-state index in [1.807, 2.05) is 6.92 Å². The minimum Gasteiger partial charge on any atom is -0.453 e. The zero-order chi connectivity index (χ0) is 10.3. The van der Waals surface area contributed by atoms with E-state index in [0.717, 1.165) is 11.3 Å². The van der Waals surface area contributed by atoms with Crippen molar-refractivity contribution in [3.63, 3.8) is 0 Å². The second-order valence-electron chi connectivity index (χ2n) is 3.27. The molecule has 76 valence electrons. The number of H-pyrrole nitrogens is 1. The highest BCUT2D eigenvalue weighted by Gasteiger charge is 2.34. The van der Waals surface area contributed by atoms with Crippen LogP contribution in [0, 0.1) is 0 Å². The first kappa shape index (κ1) is 8.86. The van der Waals surface area contributed by atoms with Crippen LogP contribution in [0.5, 0.6) is 0 Å². The molecule has 0 spiro atoms. The average Bonchev–Trinajstić information content (AvgIpc) is 2.69. The molecule has 3 N–H and O–H groups in total. The van der Waals surface area contributed by atoms with E-state index in [2.05, 4.69) is 14.9 Å². The topological polar surface area (TPSA) is 84.2 Å². The van der Waals surface area contributed by atoms with E-state index in [9.17, 15) is 4.79 Å². The highest BCUT2D eigenvalue weighted by molar-refractivity contribution is 5.70. The molecule has 2 rings (SSSR count). The highest BCUT2D eigenvalue weighted by atomic mass is 16.5. The van der Waals surface area contributed by atoms with Crippen LogP contribution in [0.25, 0.3) is 0 Å². The van der Waals surface area contributed by atoms with Crippen LogP contribution in [0.3, 0.4) is 0 Å². The fourth-order valence-corrected chi connectivity index (χ4v) is 1.71. The van der Waals surface area contributed by atoms with Crippen molar-refractivity contribution in [1.29, 1.82) is 0 Å². The maximum absolute atomic E-state index is 11.3. The van der Waals surface area contributed by atoms with Crippen LogP contribution in [-0.4, -0.2) is 28.3 Å². The summed E-state index contributed by atoms with van der Waals surface area (Å²) >= 11 is 0. The lowest BCUT2D eigenvalue weighted by molar-refractivity contribution is 0.111. The summed E-state index contributed by atoms with van der Waals surface area (Å²) in [5, 5.41) is 6.70. The van der Waals surface area contributed by atoms with E-state index >= 15 is 0 Å². The lowest BCUT2D eigenvalue weighted by Crippen LogP contribution is -2.28. The number of aromatic amines is 1. The fourth-order valence-electron chi connectivity index (χ4n) is 1.71. The van der Waals surface area contributed by atoms with Gasteiger partial charge < -0.3 is 10.5 Å². The van der Waals surface area contributed by atoms with Crippen LogP contribution in [0.1, 0.15) is 24.2 Å². The first-order chi connectivity index (χ1) is 6.65. The molecule has 1 amide bonds. The average molecular weight is 196 g/mol. The van der Waals surface area contributed by atoms with Crippen LogP contribution >= 0.6 is 0 Å². The number of aromatic nitrogens is 2. The predicted octanol–water partition coefficient (Wildman–Crippen LogP) is 0.635. The van der Waals surface area contributed by atoms with Crippen molar-refractivity contribution in [2.24, 2.45) is 0 Å². The zero-order valence-electron chi connectivity index (χ0n) is 8.07. The third kappa shape index (κ3) is 1.03. The van der Waals surface area contributed by atoms with Gasteiger partial charge in [-0.2, -0.15) is 5.10 Å². The van der Waals surface area contributed by atoms with E-state index in [1.165, 1.54) is 7.11 Å². The molecule has 0 saturated heterocycles. The molecule has 0 saturated carbocycles. The minimum absolute atomic E-state index is 0.0535. The second-order valence-corrected chi connectivity index (χ2v) is 3.27. The number of anilines is 1. The third-order valence-corrected chi connectivity index (χ3v) is 2.55. The molecule has 1 aliphatic heterocycles. The Kier molecular flexibility index (Phi) is 1.83. The van der Waals surface area contributed by atoms with Crippen LogP contribution in [0.4, 0.5) is 10.6 Å². The number of nitrogens with one attached hydrogen (secondary N) is 1. The lowest BCUT2D eigenvalue weighted by atomic mass is 10.2. The molecular weight excluding hydrogens is 184 g/mol. The summed E-state index contributed by atoms with van der Waals surface area (Å²) in [5.41, 5.74) is 7.42. The van der Waals surface area contributed by atoms with Gasteiger partial charge in [0.1, 0.15) is 0 Å². The summed E-state index contributed by atoms with van der Waals surface area (Å²) in [5.74, 6) is 0.457. The Morgan fingerprint density at radius 1 is 1.79 bits per heavy atom. The molecule has 0 bridgehead atoms. The van der Waals surface area contributed by atoms with Crippen molar-refractivity contribution < 1.29 is 9.53 Å². The molecule has 1 aromatic rings. The van der Waals surface area contributed by atoms with E-state index in [-0.39, 0.29) is 12.1 Å². The standard InChI is InChI=1S/C8H12N4O2/c1-4-6-5(7(9)11-10-6)3-12(4)8(13)14-2/h4H,3H2,1-2H3,(H3,9,10,11). The van der Waals surface area contributed by atoms with Crippen LogP contribution in [-0.2, 0) is 11.3 Å². The maximum Gasteiger partial charge on any atom is 0.410 e. The maximum atomic E-state index is 11.3. The molecule has 6 heteroatoms. The largest absolute Gasteiger partial charge is 0.453 e. The van der Waals surface area contributed by atoms with Gasteiger partial charge in [-0.25, -0.2) is 4.79 Å². The summed E-state index contributed by atoms with van der Waals surface area (Å²) in [6, 6.07) is -0.0535. The van der Waals surface area contributed by atoms with Gasteiger partial charge >= 0.3 is 6.09 Å². The van der Waals surface area contributed by atoms with E-state index in [0.29, 0.717) is 12.4 Å². The second kappa shape index (κ2) is 2.90. The number of rotatable bonds is 0. The number of ether oxygens (including phenoxy) is 1. The number of hydrogen-bond acceptors (Lipinski definition) is 4. The molecule has 1 aliphatic rings. The Balaban J connectivity index is 2.30. The SMILES string of the molecule is COC(=O)N1Cc2c(N)n[nH]c2C1C. The Hall–Kier alpha value is -1.72. The molecule has 1 atom stereocenters. The number of fused-ring (bicyclic) bond motifs is 1. The third-order valence-electron chi connectivity index (χ3n) is 2.55. The molecule has 0 aliphatic carbocycles. The molecule has 1 aromatic heterocycles. The molecule has 0 aromatic carbocycles. The number of hydrogen-bond donors (Lipinski definition) is 2. The zero-order valence-corrected chi connectivity index (χ0v) is 8.07. The molecule has 0 radical (unpaired) electrons. The number of nitrogen functional groups attached to an aromatic ring is 1. The van der Waals surface area contributed by atoms with Gasteiger partial charge in [0.15, 0.2) is 5.82 Å². The summed E-state index contributed by atoms with van der Waals surface area (Å²) in [6.45, 7) is 2.37.